The maximum atomic E-state index is 11.9. The lowest BCUT2D eigenvalue weighted by Crippen LogP contribution is -2.35. The molecule has 4 aromatic rings. The molecule has 0 bridgehead atoms. The molecule has 10 heteroatoms. The molecule has 0 saturated carbocycles. The number of pyridine rings is 1. The molecule has 184 valence electrons. The summed E-state index contributed by atoms with van der Waals surface area (Å²) in [5, 5.41) is 9.12. The van der Waals surface area contributed by atoms with E-state index in [-0.39, 0.29) is 16.3 Å². The third kappa shape index (κ3) is 5.26. The zero-order valence-electron chi connectivity index (χ0n) is 19.4. The van der Waals surface area contributed by atoms with Crippen molar-refractivity contribution in [2.75, 3.05) is 32.0 Å². The van der Waals surface area contributed by atoms with Gasteiger partial charge in [0.2, 0.25) is 0 Å². The van der Waals surface area contributed by atoms with Crippen LogP contribution in [0, 0.1) is 0 Å². The van der Waals surface area contributed by atoms with E-state index < -0.39 is 10.1 Å². The lowest BCUT2D eigenvalue weighted by molar-refractivity contribution is 0.0342. The Labute approximate surface area is 209 Å². The number of hydrogen-bond acceptors (Lipinski definition) is 8. The van der Waals surface area contributed by atoms with Crippen LogP contribution in [0.4, 0.5) is 17.1 Å². The van der Waals surface area contributed by atoms with Gasteiger partial charge in [0, 0.05) is 36.0 Å². The van der Waals surface area contributed by atoms with Gasteiger partial charge in [0.05, 0.1) is 30.8 Å². The number of nitrogens with zero attached hydrogens (tertiary/aromatic N) is 4. The topological polar surface area (TPSA) is 130 Å². The van der Waals surface area contributed by atoms with E-state index in [1.54, 1.807) is 36.5 Å². The number of aromatic nitrogens is 1. The summed E-state index contributed by atoms with van der Waals surface area (Å²) in [5.74, 6) is 0. The molecule has 0 aliphatic carbocycles. The Kier molecular flexibility index (Phi) is 6.75. The highest BCUT2D eigenvalue weighted by Gasteiger charge is 2.18. The summed E-state index contributed by atoms with van der Waals surface area (Å²) in [5.41, 5.74) is 10.1. The molecule has 0 radical (unpaired) electrons. The average Bonchev–Trinajstić information content (AvgIpc) is 2.89. The van der Waals surface area contributed by atoms with Crippen LogP contribution in [0.25, 0.3) is 22.0 Å². The van der Waals surface area contributed by atoms with Gasteiger partial charge in [0.25, 0.3) is 10.1 Å². The molecule has 3 N–H and O–H groups in total. The number of hydrogen-bond donors (Lipinski definition) is 2. The molecule has 9 nitrogen and oxygen atoms in total. The second-order valence-electron chi connectivity index (χ2n) is 8.52. The van der Waals surface area contributed by atoms with E-state index in [0.717, 1.165) is 44.1 Å². The maximum absolute atomic E-state index is 11.9. The Balaban J connectivity index is 1.38. The lowest BCUT2D eigenvalue weighted by atomic mass is 10.1. The molecular weight excluding hydrogens is 478 g/mol. The van der Waals surface area contributed by atoms with Gasteiger partial charge in [-0.05, 0) is 29.8 Å². The van der Waals surface area contributed by atoms with Crippen molar-refractivity contribution in [2.45, 2.75) is 11.4 Å². The van der Waals surface area contributed by atoms with Crippen LogP contribution in [-0.4, -0.2) is 49.2 Å². The summed E-state index contributed by atoms with van der Waals surface area (Å²) in [6.45, 7) is 4.24. The zero-order valence-corrected chi connectivity index (χ0v) is 20.2. The van der Waals surface area contributed by atoms with Gasteiger partial charge in [-0.2, -0.15) is 8.42 Å². The van der Waals surface area contributed by atoms with E-state index in [0.29, 0.717) is 16.5 Å². The van der Waals surface area contributed by atoms with Crippen LogP contribution >= 0.6 is 0 Å². The van der Waals surface area contributed by atoms with Crippen molar-refractivity contribution in [2.24, 2.45) is 10.2 Å². The fourth-order valence-electron chi connectivity index (χ4n) is 4.22. The third-order valence-electron chi connectivity index (χ3n) is 6.06. The molecule has 0 amide bonds. The van der Waals surface area contributed by atoms with Gasteiger partial charge in [-0.25, -0.2) is 0 Å². The highest BCUT2D eigenvalue weighted by atomic mass is 32.2. The first kappa shape index (κ1) is 24.0. The van der Waals surface area contributed by atoms with Crippen molar-refractivity contribution in [3.63, 3.8) is 0 Å². The van der Waals surface area contributed by atoms with Crippen LogP contribution in [-0.2, 0) is 21.4 Å². The highest BCUT2D eigenvalue weighted by molar-refractivity contribution is 7.86. The van der Waals surface area contributed by atoms with Crippen molar-refractivity contribution in [3.8, 4) is 11.3 Å². The predicted octanol–water partition coefficient (Wildman–Crippen LogP) is 4.98. The molecule has 36 heavy (non-hydrogen) atoms. The highest BCUT2D eigenvalue weighted by Crippen LogP contribution is 2.36. The van der Waals surface area contributed by atoms with Crippen molar-refractivity contribution in [1.29, 1.82) is 0 Å². The number of ether oxygens (including phenoxy) is 1. The second-order valence-corrected chi connectivity index (χ2v) is 9.91. The number of nitrogen functional groups attached to an aromatic ring is 1. The lowest BCUT2D eigenvalue weighted by Gasteiger charge is -2.26. The summed E-state index contributed by atoms with van der Waals surface area (Å²) >= 11 is 0. The number of fused-ring (bicyclic) bond motifs is 1. The molecule has 0 unspecified atom stereocenters. The molecule has 1 aliphatic rings. The largest absolute Gasteiger partial charge is 0.396 e. The van der Waals surface area contributed by atoms with E-state index in [9.17, 15) is 13.0 Å². The van der Waals surface area contributed by atoms with Gasteiger partial charge in [0.15, 0.2) is 0 Å². The Morgan fingerprint density at radius 3 is 2.47 bits per heavy atom. The summed E-state index contributed by atoms with van der Waals surface area (Å²) in [6.07, 6.45) is 1.59. The van der Waals surface area contributed by atoms with Gasteiger partial charge in [0.1, 0.15) is 16.3 Å². The molecule has 0 atom stereocenters. The number of rotatable bonds is 6. The minimum absolute atomic E-state index is 0.140. The third-order valence-corrected chi connectivity index (χ3v) is 6.95. The first-order valence-corrected chi connectivity index (χ1v) is 12.9. The smallest absolute Gasteiger partial charge is 0.295 e. The average molecular weight is 504 g/mol. The fourth-order valence-corrected chi connectivity index (χ4v) is 4.94. The summed E-state index contributed by atoms with van der Waals surface area (Å²) in [4.78, 5) is 6.62. The number of benzene rings is 3. The number of morpholine rings is 1. The van der Waals surface area contributed by atoms with Crippen molar-refractivity contribution < 1.29 is 17.7 Å². The standard InChI is InChI=1S/C26H25N5O4S/c27-26-22-7-2-1-6-21(22)25(36(32,33)34)15-24(26)30-29-20-8-9-23(28-16-20)19-5-3-4-18(14-19)17-31-10-12-35-13-11-31/h1-9,14-16H,10-13,17,27H2,(H,32,33,34)/b30-29+. The minimum atomic E-state index is -4.48. The number of anilines is 1. The minimum Gasteiger partial charge on any atom is -0.396 e. The van der Waals surface area contributed by atoms with Crippen LogP contribution in [0.5, 0.6) is 0 Å². The quantitative estimate of drug-likeness (QED) is 0.216. The molecule has 3 aromatic carbocycles. The first-order chi connectivity index (χ1) is 17.4. The van der Waals surface area contributed by atoms with E-state index in [2.05, 4.69) is 32.2 Å². The van der Waals surface area contributed by atoms with Crippen LogP contribution < -0.4 is 5.73 Å². The van der Waals surface area contributed by atoms with Crippen molar-refractivity contribution in [3.05, 3.63) is 78.5 Å². The van der Waals surface area contributed by atoms with Gasteiger partial charge in [-0.15, -0.1) is 10.2 Å². The fraction of sp³-hybridized carbons (Fsp3) is 0.192. The first-order valence-electron chi connectivity index (χ1n) is 11.4. The van der Waals surface area contributed by atoms with Gasteiger partial charge in [-0.1, -0.05) is 42.5 Å². The Morgan fingerprint density at radius 2 is 1.75 bits per heavy atom. The summed E-state index contributed by atoms with van der Waals surface area (Å²) in [7, 11) is -4.48. The van der Waals surface area contributed by atoms with E-state index in [1.165, 1.54) is 11.6 Å². The second kappa shape index (κ2) is 10.1. The van der Waals surface area contributed by atoms with Gasteiger partial charge in [-0.3, -0.25) is 14.4 Å². The zero-order chi connectivity index (χ0) is 25.1. The van der Waals surface area contributed by atoms with Crippen molar-refractivity contribution in [1.82, 2.24) is 9.88 Å². The number of nitrogens with two attached hydrogens (primary N) is 1. The summed E-state index contributed by atoms with van der Waals surface area (Å²) < 4.78 is 38.9. The van der Waals surface area contributed by atoms with Gasteiger partial charge < -0.3 is 10.5 Å². The Morgan fingerprint density at radius 1 is 0.972 bits per heavy atom. The van der Waals surface area contributed by atoms with E-state index in [4.69, 9.17) is 10.5 Å². The normalized spacial score (nSPS) is 15.0. The Hall–Kier alpha value is -3.70. The molecule has 1 saturated heterocycles. The van der Waals surface area contributed by atoms with E-state index >= 15 is 0 Å². The maximum Gasteiger partial charge on any atom is 0.295 e. The van der Waals surface area contributed by atoms with Gasteiger partial charge >= 0.3 is 0 Å². The van der Waals surface area contributed by atoms with Crippen LogP contribution in [0.2, 0.25) is 0 Å². The van der Waals surface area contributed by atoms with Crippen LogP contribution in [0.15, 0.2) is 88.1 Å². The van der Waals surface area contributed by atoms with Crippen LogP contribution in [0.1, 0.15) is 5.56 Å². The predicted molar refractivity (Wildman–Crippen MR) is 138 cm³/mol. The summed E-state index contributed by atoms with van der Waals surface area (Å²) in [6, 6.07) is 19.8. The number of azo groups is 1. The molecule has 1 aliphatic heterocycles. The molecule has 5 rings (SSSR count). The molecule has 1 fully saturated rings. The Bertz CT molecular complexity index is 1530. The van der Waals surface area contributed by atoms with Crippen molar-refractivity contribution >= 4 is 38.0 Å². The molecule has 1 aromatic heterocycles. The molecule has 2 heterocycles. The molecule has 0 spiro atoms. The van der Waals surface area contributed by atoms with E-state index in [1.807, 2.05) is 18.2 Å². The SMILES string of the molecule is Nc1c(/N=N/c2ccc(-c3cccc(CN4CCOCC4)c3)nc2)cc(S(=O)(=O)O)c2ccccc12. The van der Waals surface area contributed by atoms with Crippen LogP contribution in [0.3, 0.4) is 0 Å². The molecular formula is C26H25N5O4S. The monoisotopic (exact) mass is 503 g/mol.